The molecule has 3 aromatic heterocycles. The van der Waals surface area contributed by atoms with Crippen LogP contribution in [-0.2, 0) is 11.3 Å². The Hall–Kier alpha value is -2.81. The van der Waals surface area contributed by atoms with E-state index in [1.165, 1.54) is 11.8 Å². The summed E-state index contributed by atoms with van der Waals surface area (Å²) in [4.78, 5) is 12.6. The van der Waals surface area contributed by atoms with Crippen LogP contribution in [0.15, 0.2) is 52.9 Å². The second-order valence-electron chi connectivity index (χ2n) is 6.19. The highest BCUT2D eigenvalue weighted by molar-refractivity contribution is 8.00. The minimum atomic E-state index is -0.377. The van der Waals surface area contributed by atoms with E-state index in [0.29, 0.717) is 29.1 Å². The Morgan fingerprint density at radius 1 is 1.37 bits per heavy atom. The quantitative estimate of drug-likeness (QED) is 0.470. The van der Waals surface area contributed by atoms with E-state index < -0.39 is 0 Å². The molecule has 0 saturated carbocycles. The lowest BCUT2D eigenvalue weighted by Gasteiger charge is -2.15. The molecular formula is C18H22N6O2S. The Bertz CT molecular complexity index is 912. The van der Waals surface area contributed by atoms with E-state index in [9.17, 15) is 4.79 Å². The second-order valence-corrected chi connectivity index (χ2v) is 7.49. The molecule has 0 aliphatic heterocycles. The Balaban J connectivity index is 1.75. The third-order valence-electron chi connectivity index (χ3n) is 3.83. The summed E-state index contributed by atoms with van der Waals surface area (Å²) in [5.74, 6) is 1.77. The zero-order valence-corrected chi connectivity index (χ0v) is 16.3. The van der Waals surface area contributed by atoms with Crippen LogP contribution in [0.5, 0.6) is 0 Å². The van der Waals surface area contributed by atoms with Gasteiger partial charge in [0, 0.05) is 18.7 Å². The van der Waals surface area contributed by atoms with Gasteiger partial charge in [-0.15, -0.1) is 16.8 Å². The van der Waals surface area contributed by atoms with Gasteiger partial charge in [0.1, 0.15) is 5.82 Å². The molecular weight excluding hydrogens is 364 g/mol. The van der Waals surface area contributed by atoms with E-state index >= 15 is 0 Å². The molecule has 8 nitrogen and oxygen atoms in total. The maximum absolute atomic E-state index is 12.6. The number of thioether (sulfide) groups is 1. The first kappa shape index (κ1) is 19.0. The highest BCUT2D eigenvalue weighted by atomic mass is 32.2. The molecule has 0 saturated heterocycles. The number of rotatable bonds is 8. The van der Waals surface area contributed by atoms with Crippen LogP contribution in [0, 0.1) is 0 Å². The fraction of sp³-hybridized carbons (Fsp3) is 0.333. The van der Waals surface area contributed by atoms with Crippen LogP contribution in [0.1, 0.15) is 26.8 Å². The molecule has 0 radical (unpaired) electrons. The molecule has 3 heterocycles. The number of nitrogens with one attached hydrogen (secondary N) is 1. The summed E-state index contributed by atoms with van der Waals surface area (Å²) in [7, 11) is 0. The smallest absolute Gasteiger partial charge is 0.238 e. The van der Waals surface area contributed by atoms with Gasteiger partial charge >= 0.3 is 0 Å². The van der Waals surface area contributed by atoms with E-state index in [4.69, 9.17) is 4.42 Å². The second kappa shape index (κ2) is 8.26. The predicted octanol–water partition coefficient (Wildman–Crippen LogP) is 3.62. The molecule has 1 amide bonds. The number of anilines is 1. The molecule has 1 atom stereocenters. The minimum absolute atomic E-state index is 0.130. The van der Waals surface area contributed by atoms with Crippen LogP contribution in [0.25, 0.3) is 11.6 Å². The van der Waals surface area contributed by atoms with E-state index in [1.807, 2.05) is 31.4 Å². The summed E-state index contributed by atoms with van der Waals surface area (Å²) in [6.07, 6.45) is 5.01. The van der Waals surface area contributed by atoms with Crippen LogP contribution >= 0.6 is 11.8 Å². The molecule has 0 aliphatic carbocycles. The molecule has 0 aliphatic rings. The standard InChI is InChI=1S/C18H22N6O2S/c1-5-10-23-16(14-7-6-11-26-14)21-22-18(23)27-13(4)17(25)20-15-8-9-19-24(15)12(2)3/h5-9,11-13H,1,10H2,2-4H3,(H,20,25). The SMILES string of the molecule is C=CCn1c(SC(C)C(=O)Nc2ccnn2C(C)C)nnc1-c1ccco1. The lowest BCUT2D eigenvalue weighted by molar-refractivity contribution is -0.115. The third-order valence-corrected chi connectivity index (χ3v) is 4.91. The van der Waals surface area contributed by atoms with Gasteiger partial charge in [-0.2, -0.15) is 5.10 Å². The molecule has 1 unspecified atom stereocenters. The largest absolute Gasteiger partial charge is 0.461 e. The summed E-state index contributed by atoms with van der Waals surface area (Å²) in [6.45, 7) is 10.1. The van der Waals surface area contributed by atoms with Gasteiger partial charge in [-0.3, -0.25) is 9.36 Å². The lowest BCUT2D eigenvalue weighted by atomic mass is 10.4. The number of nitrogens with zero attached hydrogens (tertiary/aromatic N) is 5. The number of furan rings is 1. The van der Waals surface area contributed by atoms with Crippen molar-refractivity contribution in [1.29, 1.82) is 0 Å². The molecule has 3 rings (SSSR count). The van der Waals surface area contributed by atoms with Crippen LogP contribution in [-0.4, -0.2) is 35.7 Å². The van der Waals surface area contributed by atoms with Gasteiger partial charge in [0.05, 0.1) is 17.7 Å². The van der Waals surface area contributed by atoms with Gasteiger partial charge < -0.3 is 9.73 Å². The van der Waals surface area contributed by atoms with E-state index in [-0.39, 0.29) is 17.2 Å². The summed E-state index contributed by atoms with van der Waals surface area (Å²) < 4.78 is 9.06. The van der Waals surface area contributed by atoms with Crippen molar-refractivity contribution in [3.05, 3.63) is 43.3 Å². The van der Waals surface area contributed by atoms with Gasteiger partial charge in [0.2, 0.25) is 11.7 Å². The van der Waals surface area contributed by atoms with Gasteiger partial charge in [-0.1, -0.05) is 17.8 Å². The van der Waals surface area contributed by atoms with Crippen LogP contribution in [0.2, 0.25) is 0 Å². The third kappa shape index (κ3) is 4.13. The van der Waals surface area contributed by atoms with Crippen molar-refractivity contribution in [2.75, 3.05) is 5.32 Å². The normalized spacial score (nSPS) is 12.3. The number of hydrogen-bond donors (Lipinski definition) is 1. The summed E-state index contributed by atoms with van der Waals surface area (Å²) in [5.41, 5.74) is 0. The Morgan fingerprint density at radius 3 is 2.85 bits per heavy atom. The first-order chi connectivity index (χ1) is 13.0. The summed E-state index contributed by atoms with van der Waals surface area (Å²) in [5, 5.41) is 15.8. The highest BCUT2D eigenvalue weighted by Gasteiger charge is 2.22. The van der Waals surface area contributed by atoms with Gasteiger partial charge in [-0.05, 0) is 32.9 Å². The average molecular weight is 386 g/mol. The zero-order chi connectivity index (χ0) is 19.4. The summed E-state index contributed by atoms with van der Waals surface area (Å²) in [6, 6.07) is 5.55. The van der Waals surface area contributed by atoms with Gasteiger partial charge in [-0.25, -0.2) is 4.68 Å². The molecule has 9 heteroatoms. The topological polar surface area (TPSA) is 90.8 Å². The van der Waals surface area contributed by atoms with Gasteiger partial charge in [0.15, 0.2) is 10.9 Å². The van der Waals surface area contributed by atoms with Crippen molar-refractivity contribution in [3.8, 4) is 11.6 Å². The molecule has 0 fully saturated rings. The molecule has 142 valence electrons. The molecule has 27 heavy (non-hydrogen) atoms. The maximum Gasteiger partial charge on any atom is 0.238 e. The number of carbonyl (C=O) groups is 1. The highest BCUT2D eigenvalue weighted by Crippen LogP contribution is 2.28. The Labute approximate surface area is 161 Å². The number of aromatic nitrogens is 5. The number of amides is 1. The Morgan fingerprint density at radius 2 is 2.19 bits per heavy atom. The van der Waals surface area contributed by atoms with Crippen molar-refractivity contribution >= 4 is 23.5 Å². The molecule has 0 aromatic carbocycles. The molecule has 1 N–H and O–H groups in total. The molecule has 0 bridgehead atoms. The first-order valence-electron chi connectivity index (χ1n) is 8.60. The summed E-state index contributed by atoms with van der Waals surface area (Å²) >= 11 is 1.33. The Kier molecular flexibility index (Phi) is 5.80. The van der Waals surface area contributed by atoms with Crippen molar-refractivity contribution in [1.82, 2.24) is 24.5 Å². The van der Waals surface area contributed by atoms with E-state index in [1.54, 1.807) is 35.4 Å². The van der Waals surface area contributed by atoms with Crippen molar-refractivity contribution < 1.29 is 9.21 Å². The van der Waals surface area contributed by atoms with Crippen LogP contribution < -0.4 is 5.32 Å². The fourth-order valence-corrected chi connectivity index (χ4v) is 3.38. The first-order valence-corrected chi connectivity index (χ1v) is 9.48. The van der Waals surface area contributed by atoms with E-state index in [2.05, 4.69) is 27.2 Å². The maximum atomic E-state index is 12.6. The van der Waals surface area contributed by atoms with Crippen molar-refractivity contribution in [3.63, 3.8) is 0 Å². The zero-order valence-electron chi connectivity index (χ0n) is 15.5. The monoisotopic (exact) mass is 386 g/mol. The van der Waals surface area contributed by atoms with Crippen LogP contribution in [0.4, 0.5) is 5.82 Å². The van der Waals surface area contributed by atoms with Crippen molar-refractivity contribution in [2.45, 2.75) is 43.8 Å². The molecule has 3 aromatic rings. The van der Waals surface area contributed by atoms with Crippen molar-refractivity contribution in [2.24, 2.45) is 0 Å². The average Bonchev–Trinajstić information content (AvgIpc) is 3.36. The predicted molar refractivity (Wildman–Crippen MR) is 104 cm³/mol. The van der Waals surface area contributed by atoms with Crippen LogP contribution in [0.3, 0.4) is 0 Å². The fourth-order valence-electron chi connectivity index (χ4n) is 2.52. The minimum Gasteiger partial charge on any atom is -0.461 e. The molecule has 0 spiro atoms. The van der Waals surface area contributed by atoms with Gasteiger partial charge in [0.25, 0.3) is 0 Å². The number of hydrogen-bond acceptors (Lipinski definition) is 6. The van der Waals surface area contributed by atoms with E-state index in [0.717, 1.165) is 0 Å². The lowest BCUT2D eigenvalue weighted by Crippen LogP contribution is -2.25. The number of allylic oxidation sites excluding steroid dienone is 1. The number of carbonyl (C=O) groups excluding carboxylic acids is 1.